The fraction of sp³-hybridized carbons (Fsp3) is 0.533. The normalized spacial score (nSPS) is 12.5. The Kier molecular flexibility index (Phi) is 8.64. The molecule has 0 aliphatic heterocycles. The summed E-state index contributed by atoms with van der Waals surface area (Å²) in [6.45, 7) is 5.91. The molecule has 0 aromatic heterocycles. The van der Waals surface area contributed by atoms with Gasteiger partial charge >= 0.3 is 0 Å². The van der Waals surface area contributed by atoms with Gasteiger partial charge in [-0.1, -0.05) is 42.6 Å². The maximum Gasteiger partial charge on any atom is 0.237 e. The van der Waals surface area contributed by atoms with Crippen molar-refractivity contribution in [3.63, 3.8) is 0 Å². The first kappa shape index (κ1) is 20.5. The average Bonchev–Trinajstić information content (AvgIpc) is 2.32. The second kappa shape index (κ2) is 8.84. The number of carbonyl (C=O) groups excluding carboxylic acids is 1. The van der Waals surface area contributed by atoms with E-state index in [1.165, 1.54) is 0 Å². The Balaban J connectivity index is 0.00000400. The third-order valence-electron chi connectivity index (χ3n) is 3.05. The minimum absolute atomic E-state index is 0. The van der Waals surface area contributed by atoms with E-state index >= 15 is 0 Å². The number of amides is 1. The molecule has 0 aliphatic rings. The lowest BCUT2D eigenvalue weighted by atomic mass is 9.94. The Morgan fingerprint density at radius 3 is 2.52 bits per heavy atom. The maximum absolute atomic E-state index is 12.0. The fourth-order valence-corrected chi connectivity index (χ4v) is 2.53. The van der Waals surface area contributed by atoms with Crippen LogP contribution in [0.3, 0.4) is 0 Å². The van der Waals surface area contributed by atoms with Crippen molar-refractivity contribution in [2.75, 3.05) is 0 Å². The van der Waals surface area contributed by atoms with Gasteiger partial charge in [0.15, 0.2) is 0 Å². The van der Waals surface area contributed by atoms with Gasteiger partial charge in [-0.25, -0.2) is 0 Å². The molecule has 21 heavy (non-hydrogen) atoms. The van der Waals surface area contributed by atoms with Crippen LogP contribution in [0.5, 0.6) is 0 Å². The summed E-state index contributed by atoms with van der Waals surface area (Å²) in [5.41, 5.74) is 6.36. The lowest BCUT2D eigenvalue weighted by Gasteiger charge is -2.28. The van der Waals surface area contributed by atoms with Gasteiger partial charge in [0.2, 0.25) is 5.91 Å². The number of hydrogen-bond donors (Lipinski definition) is 2. The van der Waals surface area contributed by atoms with Crippen LogP contribution in [0.1, 0.15) is 39.2 Å². The number of hydrogen-bond acceptors (Lipinski definition) is 2. The summed E-state index contributed by atoms with van der Waals surface area (Å²) in [6.07, 6.45) is 2.19. The summed E-state index contributed by atoms with van der Waals surface area (Å²) in [5, 5.41) is 4.19. The topological polar surface area (TPSA) is 55.1 Å². The van der Waals surface area contributed by atoms with E-state index in [2.05, 4.69) is 5.32 Å². The van der Waals surface area contributed by atoms with Crippen molar-refractivity contribution in [2.24, 2.45) is 5.73 Å². The van der Waals surface area contributed by atoms with Crippen LogP contribution in [0.25, 0.3) is 0 Å². The third kappa shape index (κ3) is 6.88. The first-order chi connectivity index (χ1) is 9.25. The van der Waals surface area contributed by atoms with Gasteiger partial charge in [0.05, 0.1) is 6.04 Å². The molecular weight excluding hydrogens is 331 g/mol. The summed E-state index contributed by atoms with van der Waals surface area (Å²) in [4.78, 5) is 12.0. The molecule has 1 amide bonds. The molecule has 3 nitrogen and oxygen atoms in total. The minimum atomic E-state index is -0.458. The van der Waals surface area contributed by atoms with Gasteiger partial charge in [0.25, 0.3) is 0 Å². The summed E-state index contributed by atoms with van der Waals surface area (Å²) in [6, 6.07) is 4.92. The Morgan fingerprint density at radius 1 is 1.38 bits per heavy atom. The quantitative estimate of drug-likeness (QED) is 0.812. The molecule has 1 aromatic rings. The summed E-state index contributed by atoms with van der Waals surface area (Å²) >= 11 is 12.0. The molecule has 0 fully saturated rings. The highest BCUT2D eigenvalue weighted by Crippen LogP contribution is 2.24. The van der Waals surface area contributed by atoms with Crippen molar-refractivity contribution >= 4 is 41.5 Å². The molecule has 1 aromatic carbocycles. The Labute approximate surface area is 143 Å². The van der Waals surface area contributed by atoms with Gasteiger partial charge in [-0.05, 0) is 44.4 Å². The van der Waals surface area contributed by atoms with E-state index in [4.69, 9.17) is 28.9 Å². The number of carbonyl (C=O) groups is 1. The fourth-order valence-electron chi connectivity index (χ4n) is 2.05. The molecule has 120 valence electrons. The number of rotatable bonds is 6. The molecule has 1 atom stereocenters. The Bertz CT molecular complexity index is 478. The van der Waals surface area contributed by atoms with E-state index in [9.17, 15) is 4.79 Å². The zero-order chi connectivity index (χ0) is 15.3. The van der Waals surface area contributed by atoms with Crippen LogP contribution in [0, 0.1) is 0 Å². The van der Waals surface area contributed by atoms with Crippen LogP contribution >= 0.6 is 35.6 Å². The maximum atomic E-state index is 12.0. The predicted molar refractivity (Wildman–Crippen MR) is 92.5 cm³/mol. The van der Waals surface area contributed by atoms with Crippen molar-refractivity contribution in [3.05, 3.63) is 33.8 Å². The second-order valence-electron chi connectivity index (χ2n) is 5.68. The van der Waals surface area contributed by atoms with Crippen molar-refractivity contribution < 1.29 is 4.79 Å². The molecule has 0 spiro atoms. The minimum Gasteiger partial charge on any atom is -0.350 e. The lowest BCUT2D eigenvalue weighted by molar-refractivity contribution is -0.124. The number of halogens is 3. The molecule has 0 saturated carbocycles. The zero-order valence-electron chi connectivity index (χ0n) is 12.6. The van der Waals surface area contributed by atoms with Gasteiger partial charge in [0.1, 0.15) is 0 Å². The molecule has 6 heteroatoms. The van der Waals surface area contributed by atoms with Crippen molar-refractivity contribution in [3.8, 4) is 0 Å². The predicted octanol–water partition coefficient (Wildman–Crippen LogP) is 3.98. The molecular formula is C15H23Cl3N2O. The monoisotopic (exact) mass is 352 g/mol. The van der Waals surface area contributed by atoms with Gasteiger partial charge in [0, 0.05) is 15.6 Å². The molecule has 0 radical (unpaired) electrons. The Hall–Kier alpha value is -0.480. The summed E-state index contributed by atoms with van der Waals surface area (Å²) in [7, 11) is 0. The third-order valence-corrected chi connectivity index (χ3v) is 3.63. The number of benzene rings is 1. The molecule has 3 N–H and O–H groups in total. The second-order valence-corrected chi connectivity index (χ2v) is 6.52. The highest BCUT2D eigenvalue weighted by Gasteiger charge is 2.24. The summed E-state index contributed by atoms with van der Waals surface area (Å²) in [5.74, 6) is -0.123. The van der Waals surface area contributed by atoms with E-state index in [0.29, 0.717) is 22.9 Å². The van der Waals surface area contributed by atoms with E-state index < -0.39 is 11.6 Å². The highest BCUT2D eigenvalue weighted by molar-refractivity contribution is 6.35. The van der Waals surface area contributed by atoms with Gasteiger partial charge in [-0.15, -0.1) is 12.4 Å². The number of nitrogens with one attached hydrogen (secondary N) is 1. The van der Waals surface area contributed by atoms with Crippen LogP contribution in [-0.2, 0) is 11.2 Å². The number of nitrogens with two attached hydrogens (primary N) is 1. The van der Waals surface area contributed by atoms with E-state index in [1.54, 1.807) is 12.1 Å². The first-order valence-electron chi connectivity index (χ1n) is 6.76. The standard InChI is InChI=1S/C15H22Cl2N2O.ClH/c1-4-5-13(18)14(20)19-15(2,3)9-10-6-7-11(16)8-12(10)17;/h6-8,13H,4-5,9,18H2,1-3H3,(H,19,20);1H. The molecule has 1 unspecified atom stereocenters. The van der Waals surface area contributed by atoms with Crippen LogP contribution in [-0.4, -0.2) is 17.5 Å². The molecule has 1 rings (SSSR count). The summed E-state index contributed by atoms with van der Waals surface area (Å²) < 4.78 is 0. The van der Waals surface area contributed by atoms with E-state index in [1.807, 2.05) is 26.8 Å². The average molecular weight is 354 g/mol. The van der Waals surface area contributed by atoms with Crippen LogP contribution < -0.4 is 11.1 Å². The van der Waals surface area contributed by atoms with E-state index in [0.717, 1.165) is 12.0 Å². The van der Waals surface area contributed by atoms with Crippen molar-refractivity contribution in [2.45, 2.75) is 51.6 Å². The van der Waals surface area contributed by atoms with Gasteiger partial charge in [-0.2, -0.15) is 0 Å². The zero-order valence-corrected chi connectivity index (χ0v) is 14.9. The first-order valence-corrected chi connectivity index (χ1v) is 7.52. The SMILES string of the molecule is CCCC(N)C(=O)NC(C)(C)Cc1ccc(Cl)cc1Cl.Cl. The van der Waals surface area contributed by atoms with Gasteiger partial charge in [-0.3, -0.25) is 4.79 Å². The lowest BCUT2D eigenvalue weighted by Crippen LogP contribution is -2.51. The molecule has 0 heterocycles. The smallest absolute Gasteiger partial charge is 0.237 e. The van der Waals surface area contributed by atoms with Crippen molar-refractivity contribution in [1.29, 1.82) is 0 Å². The highest BCUT2D eigenvalue weighted by atomic mass is 35.5. The molecule has 0 saturated heterocycles. The molecule has 0 aliphatic carbocycles. The van der Waals surface area contributed by atoms with E-state index in [-0.39, 0.29) is 18.3 Å². The van der Waals surface area contributed by atoms with Crippen molar-refractivity contribution in [1.82, 2.24) is 5.32 Å². The van der Waals surface area contributed by atoms with Crippen LogP contribution in [0.4, 0.5) is 0 Å². The van der Waals surface area contributed by atoms with Crippen LogP contribution in [0.15, 0.2) is 18.2 Å². The van der Waals surface area contributed by atoms with Gasteiger partial charge < -0.3 is 11.1 Å². The molecule has 0 bridgehead atoms. The largest absolute Gasteiger partial charge is 0.350 e. The van der Waals surface area contributed by atoms with Crippen LogP contribution in [0.2, 0.25) is 10.0 Å². The Morgan fingerprint density at radius 2 is 2.00 bits per heavy atom.